The number of aryl methyl sites for hydroxylation is 1. The number of piperidine rings is 1. The average Bonchev–Trinajstić information content (AvgIpc) is 3.28. The highest BCUT2D eigenvalue weighted by molar-refractivity contribution is 6.04. The van der Waals surface area contributed by atoms with Gasteiger partial charge in [-0.05, 0) is 74.7 Å². The lowest BCUT2D eigenvalue weighted by Crippen LogP contribution is -2.42. The largest absolute Gasteiger partial charge is 0.450 e. The zero-order chi connectivity index (χ0) is 29.1. The number of hydrogen-bond acceptors (Lipinski definition) is 6. The normalized spacial score (nSPS) is 18.1. The van der Waals surface area contributed by atoms with Crippen LogP contribution >= 0.6 is 0 Å². The summed E-state index contributed by atoms with van der Waals surface area (Å²) in [6.07, 6.45) is 7.01. The number of rotatable bonds is 7. The Kier molecular flexibility index (Phi) is 8.39. The monoisotopic (exact) mass is 558 g/mol. The topological polar surface area (TPSA) is 100 Å². The highest BCUT2D eigenvalue weighted by atomic mass is 16.5. The second kappa shape index (κ2) is 12.1. The minimum absolute atomic E-state index is 0.0230. The summed E-state index contributed by atoms with van der Waals surface area (Å²) in [5, 5.41) is 3.63. The molecule has 1 aromatic carbocycles. The van der Waals surface area contributed by atoms with Crippen molar-refractivity contribution in [2.75, 3.05) is 38.7 Å². The second-order valence-electron chi connectivity index (χ2n) is 10.9. The first kappa shape index (κ1) is 28.4. The molecule has 10 nitrogen and oxygen atoms in total. The smallest absolute Gasteiger partial charge is 0.407 e. The van der Waals surface area contributed by atoms with Crippen LogP contribution < -0.4 is 10.2 Å². The summed E-state index contributed by atoms with van der Waals surface area (Å²) in [5.41, 5.74) is 4.75. The van der Waals surface area contributed by atoms with Gasteiger partial charge in [-0.3, -0.25) is 19.4 Å². The summed E-state index contributed by atoms with van der Waals surface area (Å²) in [6, 6.07) is 11.7. The van der Waals surface area contributed by atoms with Gasteiger partial charge in [-0.2, -0.15) is 0 Å². The fourth-order valence-corrected chi connectivity index (χ4v) is 5.69. The summed E-state index contributed by atoms with van der Waals surface area (Å²) >= 11 is 0. The van der Waals surface area contributed by atoms with E-state index in [1.165, 1.54) is 5.56 Å². The van der Waals surface area contributed by atoms with Gasteiger partial charge in [0.05, 0.1) is 24.8 Å². The molecule has 10 heteroatoms. The molecular weight excluding hydrogens is 520 g/mol. The Morgan fingerprint density at radius 2 is 1.85 bits per heavy atom. The average molecular weight is 559 g/mol. The SMILES string of the molecule is CCOC(=O)NC1C=CN(c2ccnc3c2cc(CN2CCC(c4ccc(C(=O)N(C)C)cc4)CC2)n3C)C(=O)C1. The fourth-order valence-electron chi connectivity index (χ4n) is 5.69. The molecule has 5 rings (SSSR count). The van der Waals surface area contributed by atoms with Crippen molar-refractivity contribution in [2.24, 2.45) is 7.05 Å². The third-order valence-corrected chi connectivity index (χ3v) is 7.98. The number of carbonyl (C=O) groups is 3. The maximum Gasteiger partial charge on any atom is 0.407 e. The van der Waals surface area contributed by atoms with Gasteiger partial charge in [0, 0.05) is 56.7 Å². The summed E-state index contributed by atoms with van der Waals surface area (Å²) in [4.78, 5) is 47.4. The number of alkyl carbamates (subject to hydrolysis) is 1. The van der Waals surface area contributed by atoms with Gasteiger partial charge in [0.15, 0.2) is 0 Å². The molecule has 2 aliphatic rings. The Morgan fingerprint density at radius 1 is 1.12 bits per heavy atom. The molecule has 0 bridgehead atoms. The first-order chi connectivity index (χ1) is 19.7. The van der Waals surface area contributed by atoms with E-state index in [9.17, 15) is 14.4 Å². The first-order valence-electron chi connectivity index (χ1n) is 14.2. The number of ether oxygens (including phenoxy) is 1. The van der Waals surface area contributed by atoms with Crippen molar-refractivity contribution in [3.8, 4) is 0 Å². The van der Waals surface area contributed by atoms with Crippen LogP contribution in [0.15, 0.2) is 54.9 Å². The number of nitrogens with zero attached hydrogens (tertiary/aromatic N) is 5. The molecule has 4 heterocycles. The van der Waals surface area contributed by atoms with E-state index in [1.807, 2.05) is 31.3 Å². The molecule has 1 saturated heterocycles. The lowest BCUT2D eigenvalue weighted by molar-refractivity contribution is -0.118. The van der Waals surface area contributed by atoms with Gasteiger partial charge >= 0.3 is 6.09 Å². The van der Waals surface area contributed by atoms with E-state index < -0.39 is 12.1 Å². The summed E-state index contributed by atoms with van der Waals surface area (Å²) in [7, 11) is 5.56. The Hall–Kier alpha value is -4.18. The molecule has 0 spiro atoms. The van der Waals surface area contributed by atoms with E-state index in [1.54, 1.807) is 43.2 Å². The van der Waals surface area contributed by atoms with Crippen LogP contribution in [-0.4, -0.2) is 77.1 Å². The quantitative estimate of drug-likeness (QED) is 0.470. The number of nitrogens with one attached hydrogen (secondary N) is 1. The minimum Gasteiger partial charge on any atom is -0.450 e. The molecule has 0 radical (unpaired) electrons. The highest BCUT2D eigenvalue weighted by Crippen LogP contribution is 2.32. The molecule has 2 aromatic heterocycles. The maximum absolute atomic E-state index is 13.1. The summed E-state index contributed by atoms with van der Waals surface area (Å²) in [6.45, 7) is 4.77. The van der Waals surface area contributed by atoms with Gasteiger partial charge in [0.2, 0.25) is 5.91 Å². The molecule has 41 heavy (non-hydrogen) atoms. The number of aromatic nitrogens is 2. The molecule has 1 N–H and O–H groups in total. The van der Waals surface area contributed by atoms with Crippen molar-refractivity contribution < 1.29 is 19.1 Å². The Morgan fingerprint density at radius 3 is 2.51 bits per heavy atom. The van der Waals surface area contributed by atoms with Crippen molar-refractivity contribution in [1.29, 1.82) is 0 Å². The van der Waals surface area contributed by atoms with Crippen LogP contribution in [0.5, 0.6) is 0 Å². The highest BCUT2D eigenvalue weighted by Gasteiger charge is 2.27. The molecule has 1 unspecified atom stereocenters. The molecule has 2 aliphatic heterocycles. The number of pyridine rings is 1. The number of anilines is 1. The van der Waals surface area contributed by atoms with Crippen molar-refractivity contribution in [3.63, 3.8) is 0 Å². The number of carbonyl (C=O) groups excluding carboxylic acids is 3. The molecule has 216 valence electrons. The van der Waals surface area contributed by atoms with E-state index >= 15 is 0 Å². The predicted octanol–water partition coefficient (Wildman–Crippen LogP) is 4.02. The van der Waals surface area contributed by atoms with Crippen LogP contribution in [0, 0.1) is 0 Å². The third-order valence-electron chi connectivity index (χ3n) is 7.98. The molecule has 3 amide bonds. The second-order valence-corrected chi connectivity index (χ2v) is 10.9. The van der Waals surface area contributed by atoms with Crippen LogP contribution in [0.2, 0.25) is 0 Å². The van der Waals surface area contributed by atoms with E-state index in [0.717, 1.165) is 60.5 Å². The summed E-state index contributed by atoms with van der Waals surface area (Å²) < 4.78 is 7.04. The van der Waals surface area contributed by atoms with Crippen LogP contribution in [0.3, 0.4) is 0 Å². The Bertz CT molecular complexity index is 1450. The van der Waals surface area contributed by atoms with E-state index in [0.29, 0.717) is 5.92 Å². The summed E-state index contributed by atoms with van der Waals surface area (Å²) in [5.74, 6) is 0.401. The molecule has 1 atom stereocenters. The molecule has 0 saturated carbocycles. The van der Waals surface area contributed by atoms with Crippen molar-refractivity contribution >= 4 is 34.6 Å². The lowest BCUT2D eigenvalue weighted by atomic mass is 9.89. The third kappa shape index (κ3) is 6.12. The number of fused-ring (bicyclic) bond motifs is 1. The zero-order valence-corrected chi connectivity index (χ0v) is 24.2. The van der Waals surface area contributed by atoms with Gasteiger partial charge in [0.25, 0.3) is 5.91 Å². The number of hydrogen-bond donors (Lipinski definition) is 1. The predicted molar refractivity (Wildman–Crippen MR) is 158 cm³/mol. The number of benzene rings is 1. The molecule has 0 aliphatic carbocycles. The van der Waals surface area contributed by atoms with E-state index in [-0.39, 0.29) is 24.8 Å². The lowest BCUT2D eigenvalue weighted by Gasteiger charge is -2.32. The van der Waals surface area contributed by atoms with Gasteiger partial charge in [-0.25, -0.2) is 9.78 Å². The number of amides is 3. The van der Waals surface area contributed by atoms with E-state index in [2.05, 4.69) is 38.0 Å². The van der Waals surface area contributed by atoms with Gasteiger partial charge in [-0.1, -0.05) is 12.1 Å². The number of likely N-dealkylation sites (tertiary alicyclic amines) is 1. The van der Waals surface area contributed by atoms with Crippen molar-refractivity contribution in [2.45, 2.75) is 44.7 Å². The Labute approximate surface area is 240 Å². The molecular formula is C31H38N6O4. The standard InChI is InChI=1S/C31H38N6O4/c1-5-41-31(40)33-24-13-17-37(28(38)18-24)27-10-14-32-29-26(27)19-25(35(29)4)20-36-15-11-22(12-16-36)21-6-8-23(9-7-21)30(39)34(2)3/h6-10,13-14,17,19,22,24H,5,11-12,15-16,18,20H2,1-4H3,(H,33,40). The van der Waals surface area contributed by atoms with Gasteiger partial charge < -0.3 is 19.5 Å². The minimum atomic E-state index is -0.527. The fraction of sp³-hybridized carbons (Fsp3) is 0.419. The molecule has 1 fully saturated rings. The van der Waals surface area contributed by atoms with Crippen LogP contribution in [-0.2, 0) is 23.1 Å². The van der Waals surface area contributed by atoms with Gasteiger partial charge in [-0.15, -0.1) is 0 Å². The van der Waals surface area contributed by atoms with Crippen LogP contribution in [0.1, 0.15) is 53.7 Å². The van der Waals surface area contributed by atoms with E-state index in [4.69, 9.17) is 4.74 Å². The Balaban J connectivity index is 1.25. The maximum atomic E-state index is 13.1. The molecule has 3 aromatic rings. The zero-order valence-electron chi connectivity index (χ0n) is 24.2. The van der Waals surface area contributed by atoms with Crippen molar-refractivity contribution in [1.82, 2.24) is 24.7 Å². The first-order valence-corrected chi connectivity index (χ1v) is 14.2. The van der Waals surface area contributed by atoms with Crippen LogP contribution in [0.4, 0.5) is 10.5 Å². The van der Waals surface area contributed by atoms with Crippen LogP contribution in [0.25, 0.3) is 11.0 Å². The van der Waals surface area contributed by atoms with Crippen molar-refractivity contribution in [3.05, 3.63) is 71.7 Å². The van der Waals surface area contributed by atoms with Gasteiger partial charge in [0.1, 0.15) is 5.65 Å².